The Morgan fingerprint density at radius 1 is 1.31 bits per heavy atom. The molecule has 0 aliphatic heterocycles. The molecule has 3 nitrogen and oxygen atoms in total. The van der Waals surface area contributed by atoms with E-state index in [-0.39, 0.29) is 0 Å². The van der Waals surface area contributed by atoms with Gasteiger partial charge in [-0.3, -0.25) is 0 Å². The molecule has 1 unspecified atom stereocenters. The highest BCUT2D eigenvalue weighted by Gasteiger charge is 2.17. The summed E-state index contributed by atoms with van der Waals surface area (Å²) < 4.78 is 0. The van der Waals surface area contributed by atoms with E-state index in [1.165, 1.54) is 0 Å². The first kappa shape index (κ1) is 12.8. The molecule has 0 saturated heterocycles. The van der Waals surface area contributed by atoms with Crippen LogP contribution in [0.2, 0.25) is 0 Å². The first-order valence-electron chi connectivity index (χ1n) is 5.69. The lowest BCUT2D eigenvalue weighted by molar-refractivity contribution is 0.0697. The second kappa shape index (κ2) is 5.21. The van der Waals surface area contributed by atoms with Gasteiger partial charge in [0, 0.05) is 20.6 Å². The predicted octanol–water partition coefficient (Wildman–Crippen LogP) is 2.33. The van der Waals surface area contributed by atoms with Crippen LogP contribution in [0, 0.1) is 0 Å². The summed E-state index contributed by atoms with van der Waals surface area (Å²) in [4.78, 5) is 2.06. The molecule has 0 amide bonds. The predicted molar refractivity (Wildman–Crippen MR) is 70.2 cm³/mol. The Morgan fingerprint density at radius 3 is 2.50 bits per heavy atom. The number of nitrogens with zero attached hydrogens (tertiary/aromatic N) is 1. The van der Waals surface area contributed by atoms with Crippen LogP contribution in [0.5, 0.6) is 0 Å². The van der Waals surface area contributed by atoms with Crippen molar-refractivity contribution in [2.75, 3.05) is 30.9 Å². The number of hydrogen-bond donors (Lipinski definition) is 2. The summed E-state index contributed by atoms with van der Waals surface area (Å²) in [5, 5.41) is 13.2. The Morgan fingerprint density at radius 2 is 1.94 bits per heavy atom. The first-order chi connectivity index (χ1) is 7.46. The summed E-state index contributed by atoms with van der Waals surface area (Å²) in [6.45, 7) is 4.39. The third kappa shape index (κ3) is 3.42. The maximum Gasteiger partial charge on any atom is 0.0788 e. The summed E-state index contributed by atoms with van der Waals surface area (Å²) in [6, 6.07) is 8.10. The van der Waals surface area contributed by atoms with E-state index < -0.39 is 5.60 Å². The number of benzene rings is 1. The molecule has 0 bridgehead atoms. The topological polar surface area (TPSA) is 35.5 Å². The van der Waals surface area contributed by atoms with Crippen LogP contribution in [0.25, 0.3) is 0 Å². The number of rotatable bonds is 5. The van der Waals surface area contributed by atoms with Crippen molar-refractivity contribution in [2.45, 2.75) is 25.9 Å². The highest BCUT2D eigenvalue weighted by Crippen LogP contribution is 2.24. The monoisotopic (exact) mass is 222 g/mol. The Hall–Kier alpha value is -1.22. The van der Waals surface area contributed by atoms with Crippen LogP contribution in [0.4, 0.5) is 11.4 Å². The molecule has 1 aromatic rings. The molecule has 0 spiro atoms. The average Bonchev–Trinajstić information content (AvgIpc) is 2.27. The fourth-order valence-electron chi connectivity index (χ4n) is 1.42. The molecule has 1 rings (SSSR count). The molecule has 90 valence electrons. The van der Waals surface area contributed by atoms with Crippen LogP contribution in [-0.4, -0.2) is 31.3 Å². The van der Waals surface area contributed by atoms with Gasteiger partial charge in [-0.1, -0.05) is 19.1 Å². The molecule has 0 aromatic heterocycles. The Balaban J connectivity index is 2.74. The molecule has 1 aromatic carbocycles. The van der Waals surface area contributed by atoms with Crippen LogP contribution in [0.1, 0.15) is 20.3 Å². The van der Waals surface area contributed by atoms with E-state index >= 15 is 0 Å². The molecule has 2 N–H and O–H groups in total. The van der Waals surface area contributed by atoms with E-state index in [0.29, 0.717) is 6.54 Å². The van der Waals surface area contributed by atoms with Gasteiger partial charge in [0.25, 0.3) is 0 Å². The fourth-order valence-corrected chi connectivity index (χ4v) is 1.42. The molecule has 0 saturated carbocycles. The quantitative estimate of drug-likeness (QED) is 0.802. The second-order valence-electron chi connectivity index (χ2n) is 4.62. The molecule has 3 heteroatoms. The minimum Gasteiger partial charge on any atom is -0.388 e. The lowest BCUT2D eigenvalue weighted by Gasteiger charge is -2.24. The number of hydrogen-bond acceptors (Lipinski definition) is 3. The van der Waals surface area contributed by atoms with Gasteiger partial charge in [0.1, 0.15) is 0 Å². The summed E-state index contributed by atoms with van der Waals surface area (Å²) >= 11 is 0. The largest absolute Gasteiger partial charge is 0.388 e. The molecule has 0 aliphatic carbocycles. The summed E-state index contributed by atoms with van der Waals surface area (Å²) in [7, 11) is 4.02. The van der Waals surface area contributed by atoms with E-state index in [0.717, 1.165) is 17.8 Å². The average molecular weight is 222 g/mol. The SMILES string of the molecule is CCC(C)(O)CNc1ccccc1N(C)C. The first-order valence-corrected chi connectivity index (χ1v) is 5.69. The van der Waals surface area contributed by atoms with Gasteiger partial charge in [0.15, 0.2) is 0 Å². The summed E-state index contributed by atoms with van der Waals surface area (Å²) in [6.07, 6.45) is 0.740. The van der Waals surface area contributed by atoms with Crippen LogP contribution in [0.15, 0.2) is 24.3 Å². The number of anilines is 2. The summed E-state index contributed by atoms with van der Waals surface area (Å²) in [5.41, 5.74) is 1.54. The summed E-state index contributed by atoms with van der Waals surface area (Å²) in [5.74, 6) is 0. The standard InChI is InChI=1S/C13H22N2O/c1-5-13(2,16)10-14-11-8-6-7-9-12(11)15(3)4/h6-9,14,16H,5,10H2,1-4H3. The zero-order chi connectivity index (χ0) is 12.2. The van der Waals surface area contributed by atoms with Crippen molar-refractivity contribution in [3.05, 3.63) is 24.3 Å². The molecule has 16 heavy (non-hydrogen) atoms. The molecular formula is C13H22N2O. The number of para-hydroxylation sites is 2. The van der Waals surface area contributed by atoms with Crippen molar-refractivity contribution in [2.24, 2.45) is 0 Å². The zero-order valence-electron chi connectivity index (χ0n) is 10.6. The Kier molecular flexibility index (Phi) is 4.19. The normalized spacial score (nSPS) is 14.3. The second-order valence-corrected chi connectivity index (χ2v) is 4.62. The van der Waals surface area contributed by atoms with Gasteiger partial charge < -0.3 is 15.3 Å². The highest BCUT2D eigenvalue weighted by atomic mass is 16.3. The maximum absolute atomic E-state index is 9.94. The van der Waals surface area contributed by atoms with E-state index in [1.807, 2.05) is 46.1 Å². The van der Waals surface area contributed by atoms with E-state index in [2.05, 4.69) is 16.3 Å². The highest BCUT2D eigenvalue weighted by molar-refractivity contribution is 5.69. The third-order valence-corrected chi connectivity index (χ3v) is 2.81. The van der Waals surface area contributed by atoms with Crippen LogP contribution >= 0.6 is 0 Å². The van der Waals surface area contributed by atoms with Gasteiger partial charge in [-0.25, -0.2) is 0 Å². The van der Waals surface area contributed by atoms with Crippen molar-refractivity contribution in [1.82, 2.24) is 0 Å². The van der Waals surface area contributed by atoms with E-state index in [1.54, 1.807) is 0 Å². The zero-order valence-corrected chi connectivity index (χ0v) is 10.6. The molecule has 1 atom stereocenters. The van der Waals surface area contributed by atoms with Crippen LogP contribution < -0.4 is 10.2 Å². The van der Waals surface area contributed by atoms with Crippen LogP contribution in [0.3, 0.4) is 0 Å². The molecule has 0 aliphatic rings. The van der Waals surface area contributed by atoms with Gasteiger partial charge >= 0.3 is 0 Å². The van der Waals surface area contributed by atoms with Crippen molar-refractivity contribution in [3.8, 4) is 0 Å². The molecular weight excluding hydrogens is 200 g/mol. The van der Waals surface area contributed by atoms with Crippen molar-refractivity contribution >= 4 is 11.4 Å². The number of aliphatic hydroxyl groups is 1. The van der Waals surface area contributed by atoms with Crippen molar-refractivity contribution in [1.29, 1.82) is 0 Å². The van der Waals surface area contributed by atoms with Gasteiger partial charge in [-0.15, -0.1) is 0 Å². The van der Waals surface area contributed by atoms with E-state index in [9.17, 15) is 5.11 Å². The van der Waals surface area contributed by atoms with Gasteiger partial charge in [0.05, 0.1) is 17.0 Å². The maximum atomic E-state index is 9.94. The lowest BCUT2D eigenvalue weighted by Crippen LogP contribution is -2.32. The van der Waals surface area contributed by atoms with Gasteiger partial charge in [-0.2, -0.15) is 0 Å². The Bertz CT molecular complexity index is 334. The third-order valence-electron chi connectivity index (χ3n) is 2.81. The lowest BCUT2D eigenvalue weighted by atomic mass is 10.0. The van der Waals surface area contributed by atoms with Crippen molar-refractivity contribution < 1.29 is 5.11 Å². The Labute approximate surface area is 98.1 Å². The van der Waals surface area contributed by atoms with Gasteiger partial charge in [0.2, 0.25) is 0 Å². The molecule has 0 radical (unpaired) electrons. The molecule has 0 fully saturated rings. The smallest absolute Gasteiger partial charge is 0.0788 e. The number of nitrogens with one attached hydrogen (secondary N) is 1. The fraction of sp³-hybridized carbons (Fsp3) is 0.538. The molecule has 0 heterocycles. The van der Waals surface area contributed by atoms with Crippen molar-refractivity contribution in [3.63, 3.8) is 0 Å². The minimum absolute atomic E-state index is 0.564. The van der Waals surface area contributed by atoms with E-state index in [4.69, 9.17) is 0 Å². The minimum atomic E-state index is -0.653. The van der Waals surface area contributed by atoms with Crippen LogP contribution in [-0.2, 0) is 0 Å². The van der Waals surface area contributed by atoms with Gasteiger partial charge in [-0.05, 0) is 25.5 Å².